The van der Waals surface area contributed by atoms with Gasteiger partial charge in [-0.2, -0.15) is 0 Å². The van der Waals surface area contributed by atoms with Crippen LogP contribution in [0.3, 0.4) is 0 Å². The van der Waals surface area contributed by atoms with Gasteiger partial charge in [-0.25, -0.2) is 15.0 Å². The number of hydrogen-bond acceptors (Lipinski definition) is 5. The third-order valence-electron chi connectivity index (χ3n) is 10.6. The summed E-state index contributed by atoms with van der Waals surface area (Å²) in [7, 11) is 0. The van der Waals surface area contributed by atoms with Crippen LogP contribution < -0.4 is 0 Å². The molecule has 0 N–H and O–H groups in total. The molecule has 0 atom stereocenters. The SMILES string of the molecule is c1ccc(-c2ccc(-c3nc(-c4ccccc4)nc(-c4cccc5c4oc4c(-c6cc7c(cc6-c6ccccc6)sc6ccccc67)cccc45)n3)cc2)cc1. The van der Waals surface area contributed by atoms with Crippen molar-refractivity contribution in [2.75, 3.05) is 0 Å². The quantitative estimate of drug-likeness (QED) is 0.171. The molecule has 5 heteroatoms. The fraction of sp³-hybridized carbons (Fsp3) is 0. The predicted molar refractivity (Wildman–Crippen MR) is 233 cm³/mol. The maximum absolute atomic E-state index is 7.05. The summed E-state index contributed by atoms with van der Waals surface area (Å²) in [5, 5.41) is 4.57. The molecule has 0 aliphatic heterocycles. The molecule has 11 aromatic rings. The van der Waals surface area contributed by atoms with Gasteiger partial charge in [-0.05, 0) is 52.1 Å². The van der Waals surface area contributed by atoms with Crippen LogP contribution in [0.4, 0.5) is 0 Å². The molecule has 0 bridgehead atoms. The van der Waals surface area contributed by atoms with Gasteiger partial charge < -0.3 is 4.42 Å². The third-order valence-corrected chi connectivity index (χ3v) is 11.7. The van der Waals surface area contributed by atoms with Crippen LogP contribution in [0.2, 0.25) is 0 Å². The van der Waals surface area contributed by atoms with E-state index in [0.717, 1.165) is 60.9 Å². The van der Waals surface area contributed by atoms with Crippen molar-refractivity contribution in [3.63, 3.8) is 0 Å². The zero-order valence-corrected chi connectivity index (χ0v) is 30.9. The molecule has 0 radical (unpaired) electrons. The van der Waals surface area contributed by atoms with Crippen molar-refractivity contribution >= 4 is 53.4 Å². The van der Waals surface area contributed by atoms with E-state index in [1.54, 1.807) is 0 Å². The maximum atomic E-state index is 7.05. The lowest BCUT2D eigenvalue weighted by atomic mass is 9.92. The number of furan rings is 1. The highest BCUT2D eigenvalue weighted by Crippen LogP contribution is 2.46. The van der Waals surface area contributed by atoms with E-state index in [-0.39, 0.29) is 0 Å². The van der Waals surface area contributed by atoms with Crippen LogP contribution in [-0.4, -0.2) is 15.0 Å². The van der Waals surface area contributed by atoms with Gasteiger partial charge in [0.25, 0.3) is 0 Å². The van der Waals surface area contributed by atoms with Crippen molar-refractivity contribution in [3.8, 4) is 67.5 Å². The van der Waals surface area contributed by atoms with Gasteiger partial charge in [0.1, 0.15) is 11.2 Å². The summed E-state index contributed by atoms with van der Waals surface area (Å²) in [6.07, 6.45) is 0. The minimum absolute atomic E-state index is 0.559. The molecule has 0 unspecified atom stereocenters. The van der Waals surface area contributed by atoms with Crippen molar-refractivity contribution in [2.45, 2.75) is 0 Å². The number of benzene rings is 8. The summed E-state index contributed by atoms with van der Waals surface area (Å²) < 4.78 is 9.60. The molecule has 8 aromatic carbocycles. The van der Waals surface area contributed by atoms with Crippen molar-refractivity contribution in [2.24, 2.45) is 0 Å². The Morgan fingerprint density at radius 2 is 0.804 bits per heavy atom. The Morgan fingerprint density at radius 1 is 0.304 bits per heavy atom. The number of rotatable bonds is 6. The number of thiophene rings is 1. The second kappa shape index (κ2) is 13.3. The molecular weight excluding hydrogens is 703 g/mol. The lowest BCUT2D eigenvalue weighted by Crippen LogP contribution is -2.00. The Kier molecular flexibility index (Phi) is 7.64. The van der Waals surface area contributed by atoms with Crippen molar-refractivity contribution in [1.29, 1.82) is 0 Å². The fourth-order valence-corrected chi connectivity index (χ4v) is 8.97. The first-order chi connectivity index (χ1) is 27.7. The zero-order chi connectivity index (χ0) is 37.0. The molecule has 0 spiro atoms. The highest BCUT2D eigenvalue weighted by molar-refractivity contribution is 7.25. The molecular formula is C51H31N3OS. The highest BCUT2D eigenvalue weighted by atomic mass is 32.1. The van der Waals surface area contributed by atoms with Crippen molar-refractivity contribution in [1.82, 2.24) is 15.0 Å². The molecule has 0 aliphatic carbocycles. The minimum atomic E-state index is 0.559. The van der Waals surface area contributed by atoms with Crippen LogP contribution in [0, 0.1) is 0 Å². The Hall–Kier alpha value is -7.21. The van der Waals surface area contributed by atoms with Gasteiger partial charge in [0, 0.05) is 47.6 Å². The molecule has 3 heterocycles. The van der Waals surface area contributed by atoms with Crippen molar-refractivity contribution < 1.29 is 4.42 Å². The summed E-state index contributed by atoms with van der Waals surface area (Å²) >= 11 is 1.84. The number of aromatic nitrogens is 3. The molecule has 4 nitrogen and oxygen atoms in total. The molecule has 3 aromatic heterocycles. The summed E-state index contributed by atoms with van der Waals surface area (Å²) in [5.41, 5.74) is 11.0. The lowest BCUT2D eigenvalue weighted by Gasteiger charge is -2.12. The molecule has 0 aliphatic rings. The summed E-state index contributed by atoms with van der Waals surface area (Å²) in [6.45, 7) is 0. The third kappa shape index (κ3) is 5.48. The van der Waals surface area contributed by atoms with Gasteiger partial charge in [0.05, 0.1) is 5.56 Å². The summed E-state index contributed by atoms with van der Waals surface area (Å²) in [4.78, 5) is 15.2. The summed E-state index contributed by atoms with van der Waals surface area (Å²) in [5.74, 6) is 1.77. The van der Waals surface area contributed by atoms with Crippen LogP contribution in [0.1, 0.15) is 0 Å². The minimum Gasteiger partial charge on any atom is -0.455 e. The first kappa shape index (κ1) is 32.2. The van der Waals surface area contributed by atoms with Crippen LogP contribution in [0.5, 0.6) is 0 Å². The average Bonchev–Trinajstić information content (AvgIpc) is 3.85. The molecule has 0 saturated carbocycles. The molecule has 262 valence electrons. The number of hydrogen-bond donors (Lipinski definition) is 0. The molecule has 0 amide bonds. The Balaban J connectivity index is 1.11. The Bertz CT molecular complexity index is 3230. The number of fused-ring (bicyclic) bond motifs is 6. The lowest BCUT2D eigenvalue weighted by molar-refractivity contribution is 0.670. The first-order valence-electron chi connectivity index (χ1n) is 18.7. The number of nitrogens with zero attached hydrogens (tertiary/aromatic N) is 3. The standard InChI is InChI=1S/C51H31N3OS/c1-4-14-32(15-5-1)33-26-28-36(29-27-33)50-52-49(35-18-8-3-9-19-35)53-51(54-50)41-24-13-22-39-38-21-12-23-40(47(38)55-48(39)41)43-30-44-37-20-10-11-25-45(37)56-46(44)31-42(43)34-16-6-2-7-17-34/h1-31H. The second-order valence-corrected chi connectivity index (χ2v) is 15.0. The van der Waals surface area contributed by atoms with E-state index >= 15 is 0 Å². The van der Waals surface area contributed by atoms with E-state index in [4.69, 9.17) is 19.4 Å². The van der Waals surface area contributed by atoms with E-state index in [1.807, 2.05) is 47.7 Å². The van der Waals surface area contributed by atoms with Gasteiger partial charge in [0.2, 0.25) is 0 Å². The van der Waals surface area contributed by atoms with Crippen molar-refractivity contribution in [3.05, 3.63) is 188 Å². The zero-order valence-electron chi connectivity index (χ0n) is 30.1. The second-order valence-electron chi connectivity index (χ2n) is 13.9. The van der Waals surface area contributed by atoms with Crippen LogP contribution in [-0.2, 0) is 0 Å². The van der Waals surface area contributed by atoms with Gasteiger partial charge in [-0.1, -0.05) is 164 Å². The highest BCUT2D eigenvalue weighted by Gasteiger charge is 2.21. The Labute approximate surface area is 327 Å². The van der Waals surface area contributed by atoms with Gasteiger partial charge >= 0.3 is 0 Å². The van der Waals surface area contributed by atoms with Gasteiger partial charge in [0.15, 0.2) is 17.5 Å². The smallest absolute Gasteiger partial charge is 0.167 e. The van der Waals surface area contributed by atoms with E-state index in [9.17, 15) is 0 Å². The largest absolute Gasteiger partial charge is 0.455 e. The van der Waals surface area contributed by atoms with Crippen LogP contribution >= 0.6 is 11.3 Å². The topological polar surface area (TPSA) is 51.8 Å². The van der Waals surface area contributed by atoms with Crippen LogP contribution in [0.15, 0.2) is 192 Å². The Morgan fingerprint density at radius 3 is 1.50 bits per heavy atom. The van der Waals surface area contributed by atoms with Crippen LogP contribution in [0.25, 0.3) is 110 Å². The number of para-hydroxylation sites is 2. The van der Waals surface area contributed by atoms with Gasteiger partial charge in [-0.3, -0.25) is 0 Å². The maximum Gasteiger partial charge on any atom is 0.167 e. The monoisotopic (exact) mass is 733 g/mol. The molecule has 11 rings (SSSR count). The van der Waals surface area contributed by atoms with E-state index in [2.05, 4.69) is 152 Å². The van der Waals surface area contributed by atoms with E-state index < -0.39 is 0 Å². The molecule has 0 saturated heterocycles. The normalized spacial score (nSPS) is 11.6. The van der Waals surface area contributed by atoms with Gasteiger partial charge in [-0.15, -0.1) is 11.3 Å². The molecule has 56 heavy (non-hydrogen) atoms. The van der Waals surface area contributed by atoms with E-state index in [0.29, 0.717) is 17.5 Å². The summed E-state index contributed by atoms with van der Waals surface area (Å²) in [6, 6.07) is 65.6. The average molecular weight is 734 g/mol. The first-order valence-corrected chi connectivity index (χ1v) is 19.5. The predicted octanol–water partition coefficient (Wildman–Crippen LogP) is 14.1. The fourth-order valence-electron chi connectivity index (χ4n) is 7.84. The molecule has 0 fully saturated rings. The van der Waals surface area contributed by atoms with E-state index in [1.165, 1.54) is 31.3 Å².